The van der Waals surface area contributed by atoms with Gasteiger partial charge in [-0.05, 0) is 85.8 Å². The lowest BCUT2D eigenvalue weighted by molar-refractivity contribution is 0.0734. The predicted octanol–water partition coefficient (Wildman–Crippen LogP) is 9.27. The van der Waals surface area contributed by atoms with Gasteiger partial charge in [-0.1, -0.05) is 89.5 Å². The van der Waals surface area contributed by atoms with E-state index >= 15 is 0 Å². The van der Waals surface area contributed by atoms with E-state index in [1.165, 1.54) is 94.6 Å². The quantitative estimate of drug-likeness (QED) is 0.173. The Morgan fingerprint density at radius 1 is 0.758 bits per heavy atom. The van der Waals surface area contributed by atoms with E-state index in [2.05, 4.69) is 38.1 Å². The molecule has 0 spiro atoms. The zero-order chi connectivity index (χ0) is 23.3. The van der Waals surface area contributed by atoms with Crippen molar-refractivity contribution >= 4 is 5.97 Å². The third-order valence-corrected chi connectivity index (χ3v) is 7.38. The number of carbonyl (C=O) groups excluding carboxylic acids is 1. The number of carbonyl (C=O) groups is 1. The monoisotopic (exact) mass is 448 g/mol. The summed E-state index contributed by atoms with van der Waals surface area (Å²) in [6.07, 6.45) is 18.5. The molecule has 1 saturated carbocycles. The highest BCUT2D eigenvalue weighted by Gasteiger charge is 2.22. The van der Waals surface area contributed by atoms with Gasteiger partial charge in [-0.25, -0.2) is 4.79 Å². The van der Waals surface area contributed by atoms with Crippen LogP contribution < -0.4 is 4.74 Å². The first-order valence-electron chi connectivity index (χ1n) is 13.6. The first-order valence-corrected chi connectivity index (χ1v) is 13.6. The van der Waals surface area contributed by atoms with Crippen molar-refractivity contribution in [1.82, 2.24) is 0 Å². The maximum atomic E-state index is 12.5. The topological polar surface area (TPSA) is 26.3 Å². The Bertz CT molecular complexity index is 798. The van der Waals surface area contributed by atoms with Crippen LogP contribution in [-0.4, -0.2) is 5.97 Å². The van der Waals surface area contributed by atoms with Gasteiger partial charge in [-0.2, -0.15) is 0 Å². The highest BCUT2D eigenvalue weighted by atomic mass is 16.5. The van der Waals surface area contributed by atoms with Gasteiger partial charge in [-0.15, -0.1) is 0 Å². The van der Waals surface area contributed by atoms with Crippen molar-refractivity contribution in [3.63, 3.8) is 0 Å². The van der Waals surface area contributed by atoms with Gasteiger partial charge >= 0.3 is 5.97 Å². The Balaban J connectivity index is 1.41. The molecule has 1 fully saturated rings. The first-order chi connectivity index (χ1) is 16.2. The van der Waals surface area contributed by atoms with Crippen LogP contribution in [0, 0.1) is 5.92 Å². The molecule has 2 aromatic carbocycles. The van der Waals surface area contributed by atoms with Crippen molar-refractivity contribution in [3.8, 4) is 5.75 Å². The molecule has 0 aromatic heterocycles. The summed E-state index contributed by atoms with van der Waals surface area (Å²) in [4.78, 5) is 12.5. The van der Waals surface area contributed by atoms with Gasteiger partial charge in [-0.3, -0.25) is 0 Å². The van der Waals surface area contributed by atoms with E-state index < -0.39 is 0 Å². The van der Waals surface area contributed by atoms with Gasteiger partial charge in [0.1, 0.15) is 5.75 Å². The lowest BCUT2D eigenvalue weighted by atomic mass is 9.77. The zero-order valence-corrected chi connectivity index (χ0v) is 21.0. The second-order valence-electron chi connectivity index (χ2n) is 10.0. The fourth-order valence-corrected chi connectivity index (χ4v) is 5.18. The lowest BCUT2D eigenvalue weighted by Crippen LogP contribution is -2.13. The summed E-state index contributed by atoms with van der Waals surface area (Å²) >= 11 is 0. The van der Waals surface area contributed by atoms with Crippen LogP contribution in [0.5, 0.6) is 5.75 Å². The standard InChI is InChI=1S/C31H44O2/c1-3-5-7-8-10-12-26-13-17-27(18-14-26)28-21-23-30(24-22-28)33-31(32)29-19-15-25(16-20-29)11-9-6-4-2/h15-16,19-24,26-27H,3-14,17-18H2,1-2H3. The van der Waals surface area contributed by atoms with Gasteiger partial charge in [0, 0.05) is 0 Å². The van der Waals surface area contributed by atoms with Gasteiger partial charge < -0.3 is 4.74 Å². The van der Waals surface area contributed by atoms with Gasteiger partial charge in [0.05, 0.1) is 5.56 Å². The van der Waals surface area contributed by atoms with Gasteiger partial charge in [0.2, 0.25) is 0 Å². The van der Waals surface area contributed by atoms with E-state index in [0.717, 1.165) is 12.3 Å². The minimum absolute atomic E-state index is 0.276. The minimum atomic E-state index is -0.276. The molecule has 2 heteroatoms. The molecule has 0 radical (unpaired) electrons. The van der Waals surface area contributed by atoms with E-state index in [-0.39, 0.29) is 5.97 Å². The summed E-state index contributed by atoms with van der Waals surface area (Å²) < 4.78 is 5.63. The second kappa shape index (κ2) is 14.2. The Kier molecular flexibility index (Phi) is 11.0. The van der Waals surface area contributed by atoms with Crippen molar-refractivity contribution in [2.45, 2.75) is 110 Å². The Labute approximate surface area is 202 Å². The average Bonchev–Trinajstić information content (AvgIpc) is 2.85. The van der Waals surface area contributed by atoms with Crippen molar-refractivity contribution in [2.75, 3.05) is 0 Å². The molecule has 1 aliphatic rings. The maximum Gasteiger partial charge on any atom is 0.343 e. The van der Waals surface area contributed by atoms with E-state index in [9.17, 15) is 4.79 Å². The van der Waals surface area contributed by atoms with E-state index in [1.807, 2.05) is 24.3 Å². The number of rotatable bonds is 13. The predicted molar refractivity (Wildman–Crippen MR) is 139 cm³/mol. The van der Waals surface area contributed by atoms with Gasteiger partial charge in [0.25, 0.3) is 0 Å². The van der Waals surface area contributed by atoms with E-state index in [0.29, 0.717) is 17.2 Å². The van der Waals surface area contributed by atoms with Crippen molar-refractivity contribution < 1.29 is 9.53 Å². The fraction of sp³-hybridized carbons (Fsp3) is 0.581. The molecule has 0 N–H and O–H groups in total. The number of esters is 1. The molecule has 0 bridgehead atoms. The summed E-state index contributed by atoms with van der Waals surface area (Å²) in [5.41, 5.74) is 3.30. The van der Waals surface area contributed by atoms with Crippen LogP contribution in [0.2, 0.25) is 0 Å². The Morgan fingerprint density at radius 2 is 1.39 bits per heavy atom. The number of hydrogen-bond donors (Lipinski definition) is 0. The number of benzene rings is 2. The number of ether oxygens (including phenoxy) is 1. The van der Waals surface area contributed by atoms with Crippen LogP contribution in [0.4, 0.5) is 0 Å². The molecule has 180 valence electrons. The summed E-state index contributed by atoms with van der Waals surface area (Å²) in [6, 6.07) is 16.1. The van der Waals surface area contributed by atoms with Crippen LogP contribution in [0.25, 0.3) is 0 Å². The zero-order valence-electron chi connectivity index (χ0n) is 21.0. The van der Waals surface area contributed by atoms with E-state index in [1.54, 1.807) is 0 Å². The largest absolute Gasteiger partial charge is 0.423 e. The molecule has 1 aliphatic carbocycles. The molecular weight excluding hydrogens is 404 g/mol. The molecule has 0 saturated heterocycles. The molecule has 0 unspecified atom stereocenters. The molecule has 2 nitrogen and oxygen atoms in total. The molecular formula is C31H44O2. The lowest BCUT2D eigenvalue weighted by Gasteiger charge is -2.29. The summed E-state index contributed by atoms with van der Waals surface area (Å²) in [7, 11) is 0. The summed E-state index contributed by atoms with van der Waals surface area (Å²) in [5, 5.41) is 0. The van der Waals surface area contributed by atoms with Crippen molar-refractivity contribution in [3.05, 3.63) is 65.2 Å². The molecule has 0 heterocycles. The maximum absolute atomic E-state index is 12.5. The van der Waals surface area contributed by atoms with Crippen LogP contribution >= 0.6 is 0 Å². The third kappa shape index (κ3) is 8.65. The summed E-state index contributed by atoms with van der Waals surface area (Å²) in [6.45, 7) is 4.50. The minimum Gasteiger partial charge on any atom is -0.423 e. The second-order valence-corrected chi connectivity index (χ2v) is 10.0. The van der Waals surface area contributed by atoms with Crippen molar-refractivity contribution in [1.29, 1.82) is 0 Å². The number of unbranched alkanes of at least 4 members (excludes halogenated alkanes) is 6. The van der Waals surface area contributed by atoms with E-state index in [4.69, 9.17) is 4.74 Å². The Hall–Kier alpha value is -2.09. The summed E-state index contributed by atoms with van der Waals surface area (Å²) in [5.74, 6) is 1.95. The number of hydrogen-bond acceptors (Lipinski definition) is 2. The van der Waals surface area contributed by atoms with Crippen LogP contribution in [0.15, 0.2) is 48.5 Å². The fourth-order valence-electron chi connectivity index (χ4n) is 5.18. The van der Waals surface area contributed by atoms with Gasteiger partial charge in [0.15, 0.2) is 0 Å². The van der Waals surface area contributed by atoms with Crippen LogP contribution in [0.3, 0.4) is 0 Å². The first kappa shape index (κ1) is 25.5. The van der Waals surface area contributed by atoms with Crippen LogP contribution in [-0.2, 0) is 6.42 Å². The third-order valence-electron chi connectivity index (χ3n) is 7.38. The Morgan fingerprint density at radius 3 is 2.06 bits per heavy atom. The molecule has 0 atom stereocenters. The smallest absolute Gasteiger partial charge is 0.343 e. The molecule has 2 aromatic rings. The van der Waals surface area contributed by atoms with Crippen LogP contribution in [0.1, 0.15) is 125 Å². The SMILES string of the molecule is CCCCCCCC1CCC(c2ccc(OC(=O)c3ccc(CCCCC)cc3)cc2)CC1. The van der Waals surface area contributed by atoms with Crippen molar-refractivity contribution in [2.24, 2.45) is 5.92 Å². The molecule has 3 rings (SSSR count). The normalized spacial score (nSPS) is 18.2. The highest BCUT2D eigenvalue weighted by molar-refractivity contribution is 5.91. The molecule has 0 aliphatic heterocycles. The molecule has 0 amide bonds. The number of aryl methyl sites for hydroxylation is 1. The molecule has 33 heavy (non-hydrogen) atoms. The average molecular weight is 449 g/mol. The highest BCUT2D eigenvalue weighted by Crippen LogP contribution is 2.38.